The van der Waals surface area contributed by atoms with Gasteiger partial charge in [0.1, 0.15) is 0 Å². The Labute approximate surface area is 142 Å². The third kappa shape index (κ3) is 3.39. The quantitative estimate of drug-likeness (QED) is 0.800. The first-order valence-corrected chi connectivity index (χ1v) is 9.38. The van der Waals surface area contributed by atoms with Gasteiger partial charge in [0.05, 0.1) is 16.3 Å². The number of benzene rings is 1. The molecule has 1 fully saturated rings. The van der Waals surface area contributed by atoms with Gasteiger partial charge in [-0.15, -0.1) is 0 Å². The molecule has 1 atom stereocenters. The van der Waals surface area contributed by atoms with E-state index in [0.717, 1.165) is 54.6 Å². The molecule has 0 spiro atoms. The molecule has 1 unspecified atom stereocenters. The Morgan fingerprint density at radius 2 is 2.04 bits per heavy atom. The molecule has 0 bridgehead atoms. The number of rotatable bonds is 4. The number of aryl methyl sites for hydroxylation is 1. The second-order valence-electron chi connectivity index (χ2n) is 6.40. The highest BCUT2D eigenvalue weighted by atomic mass is 32.2. The topological polar surface area (TPSA) is 38.1 Å². The summed E-state index contributed by atoms with van der Waals surface area (Å²) >= 11 is 1.58. The van der Waals surface area contributed by atoms with E-state index in [2.05, 4.69) is 24.5 Å². The van der Waals surface area contributed by atoms with Crippen molar-refractivity contribution in [1.29, 1.82) is 0 Å². The Morgan fingerprint density at radius 1 is 1.35 bits per heavy atom. The summed E-state index contributed by atoms with van der Waals surface area (Å²) in [5.74, 6) is 0.989. The third-order valence-corrected chi connectivity index (χ3v) is 5.74. The zero-order chi connectivity index (χ0) is 16.4. The number of thioether (sulfide) groups is 1. The van der Waals surface area contributed by atoms with Gasteiger partial charge in [-0.05, 0) is 44.7 Å². The number of para-hydroxylation sites is 2. The van der Waals surface area contributed by atoms with E-state index in [1.807, 2.05) is 30.0 Å². The number of hydrogen-bond acceptors (Lipinski definition) is 3. The van der Waals surface area contributed by atoms with Crippen molar-refractivity contribution in [2.45, 2.75) is 50.6 Å². The second-order valence-corrected chi connectivity index (χ2v) is 7.70. The molecular weight excluding hydrogens is 306 g/mol. The molecule has 1 aromatic heterocycles. The molecule has 1 amide bonds. The van der Waals surface area contributed by atoms with E-state index in [1.165, 1.54) is 0 Å². The van der Waals surface area contributed by atoms with Gasteiger partial charge < -0.3 is 9.47 Å². The molecule has 2 heterocycles. The second kappa shape index (κ2) is 6.95. The average molecular weight is 331 g/mol. The first kappa shape index (κ1) is 16.4. The van der Waals surface area contributed by atoms with Crippen LogP contribution in [0.25, 0.3) is 11.0 Å². The van der Waals surface area contributed by atoms with E-state index in [0.29, 0.717) is 0 Å². The molecule has 0 saturated carbocycles. The van der Waals surface area contributed by atoms with E-state index >= 15 is 0 Å². The number of amides is 1. The molecule has 4 nitrogen and oxygen atoms in total. The Kier molecular flexibility index (Phi) is 4.95. The summed E-state index contributed by atoms with van der Waals surface area (Å²) in [4.78, 5) is 19.4. The molecule has 0 aliphatic carbocycles. The van der Waals surface area contributed by atoms with Crippen LogP contribution in [0.15, 0.2) is 29.4 Å². The van der Waals surface area contributed by atoms with Crippen molar-refractivity contribution in [2.24, 2.45) is 5.92 Å². The fourth-order valence-corrected chi connectivity index (χ4v) is 4.22. The predicted molar refractivity (Wildman–Crippen MR) is 95.7 cm³/mol. The maximum absolute atomic E-state index is 12.7. The predicted octanol–water partition coefficient (Wildman–Crippen LogP) is 3.80. The Balaban J connectivity index is 1.74. The van der Waals surface area contributed by atoms with Crippen LogP contribution >= 0.6 is 11.8 Å². The van der Waals surface area contributed by atoms with Crippen LogP contribution in [-0.4, -0.2) is 38.7 Å². The number of likely N-dealkylation sites (tertiary alicyclic amines) is 1. The monoisotopic (exact) mass is 331 g/mol. The van der Waals surface area contributed by atoms with Gasteiger partial charge in [0.15, 0.2) is 5.16 Å². The van der Waals surface area contributed by atoms with Crippen molar-refractivity contribution >= 4 is 28.7 Å². The van der Waals surface area contributed by atoms with Gasteiger partial charge in [-0.1, -0.05) is 30.8 Å². The number of fused-ring (bicyclic) bond motifs is 1. The lowest BCUT2D eigenvalue weighted by Gasteiger charge is -2.32. The van der Waals surface area contributed by atoms with E-state index in [4.69, 9.17) is 4.98 Å². The van der Waals surface area contributed by atoms with Crippen LogP contribution in [0.1, 0.15) is 33.6 Å². The lowest BCUT2D eigenvalue weighted by atomic mass is 9.99. The smallest absolute Gasteiger partial charge is 0.235 e. The molecular formula is C18H25N3OS. The van der Waals surface area contributed by atoms with Gasteiger partial charge >= 0.3 is 0 Å². The maximum Gasteiger partial charge on any atom is 0.235 e. The van der Waals surface area contributed by atoms with Crippen LogP contribution in [-0.2, 0) is 11.3 Å². The largest absolute Gasteiger partial charge is 0.342 e. The minimum absolute atomic E-state index is 0.0921. The minimum Gasteiger partial charge on any atom is -0.342 e. The highest BCUT2D eigenvalue weighted by Gasteiger charge is 2.26. The first-order valence-electron chi connectivity index (χ1n) is 8.50. The average Bonchev–Trinajstić information content (AvgIpc) is 2.91. The SMILES string of the molecule is CCn1c(SC(C)C(=O)N2CCC(C)CC2)nc2ccccc21. The zero-order valence-electron chi connectivity index (χ0n) is 14.2. The molecule has 0 N–H and O–H groups in total. The summed E-state index contributed by atoms with van der Waals surface area (Å²) < 4.78 is 2.20. The van der Waals surface area contributed by atoms with Gasteiger partial charge in [0.25, 0.3) is 0 Å². The van der Waals surface area contributed by atoms with Crippen molar-refractivity contribution in [1.82, 2.24) is 14.5 Å². The van der Waals surface area contributed by atoms with Gasteiger partial charge in [0, 0.05) is 19.6 Å². The standard InChI is InChI=1S/C18H25N3OS/c1-4-21-16-8-6-5-7-15(16)19-18(21)23-14(3)17(22)20-11-9-13(2)10-12-20/h5-8,13-14H,4,9-12H2,1-3H3. The molecule has 1 aliphatic rings. The van der Waals surface area contributed by atoms with Crippen molar-refractivity contribution in [3.8, 4) is 0 Å². The van der Waals surface area contributed by atoms with Gasteiger partial charge in [-0.25, -0.2) is 4.98 Å². The number of hydrogen-bond donors (Lipinski definition) is 0. The normalized spacial score (nSPS) is 17.6. The van der Waals surface area contributed by atoms with Crippen LogP contribution in [0, 0.1) is 5.92 Å². The van der Waals surface area contributed by atoms with Crippen molar-refractivity contribution in [2.75, 3.05) is 13.1 Å². The number of imidazole rings is 1. The highest BCUT2D eigenvalue weighted by molar-refractivity contribution is 8.00. The Morgan fingerprint density at radius 3 is 2.74 bits per heavy atom. The lowest BCUT2D eigenvalue weighted by molar-refractivity contribution is -0.131. The summed E-state index contributed by atoms with van der Waals surface area (Å²) in [5.41, 5.74) is 2.15. The minimum atomic E-state index is -0.0921. The van der Waals surface area contributed by atoms with E-state index in [9.17, 15) is 4.79 Å². The molecule has 1 aromatic carbocycles. The summed E-state index contributed by atoms with van der Waals surface area (Å²) in [7, 11) is 0. The lowest BCUT2D eigenvalue weighted by Crippen LogP contribution is -2.41. The summed E-state index contributed by atoms with van der Waals surface area (Å²) in [6, 6.07) is 8.17. The number of nitrogens with zero attached hydrogens (tertiary/aromatic N) is 3. The molecule has 5 heteroatoms. The summed E-state index contributed by atoms with van der Waals surface area (Å²) in [5, 5.41) is 0.852. The van der Waals surface area contributed by atoms with Gasteiger partial charge in [0.2, 0.25) is 5.91 Å². The van der Waals surface area contributed by atoms with Crippen LogP contribution in [0.2, 0.25) is 0 Å². The fourth-order valence-electron chi connectivity index (χ4n) is 3.14. The van der Waals surface area contributed by atoms with Crippen LogP contribution in [0.5, 0.6) is 0 Å². The maximum atomic E-state index is 12.7. The van der Waals surface area contributed by atoms with Crippen LogP contribution in [0.4, 0.5) is 0 Å². The van der Waals surface area contributed by atoms with Crippen molar-refractivity contribution in [3.63, 3.8) is 0 Å². The molecule has 3 rings (SSSR count). The molecule has 1 aliphatic heterocycles. The fraction of sp³-hybridized carbons (Fsp3) is 0.556. The number of carbonyl (C=O) groups is 1. The molecule has 124 valence electrons. The van der Waals surface area contributed by atoms with Gasteiger partial charge in [-0.2, -0.15) is 0 Å². The number of aromatic nitrogens is 2. The zero-order valence-corrected chi connectivity index (χ0v) is 15.0. The van der Waals surface area contributed by atoms with Crippen LogP contribution in [0.3, 0.4) is 0 Å². The number of carbonyl (C=O) groups excluding carboxylic acids is 1. The van der Waals surface area contributed by atoms with E-state index in [-0.39, 0.29) is 11.2 Å². The number of piperidine rings is 1. The molecule has 0 radical (unpaired) electrons. The first-order chi connectivity index (χ1) is 11.1. The highest BCUT2D eigenvalue weighted by Crippen LogP contribution is 2.29. The molecule has 1 saturated heterocycles. The van der Waals surface area contributed by atoms with E-state index in [1.54, 1.807) is 11.8 Å². The summed E-state index contributed by atoms with van der Waals surface area (Å²) in [6.07, 6.45) is 2.24. The summed E-state index contributed by atoms with van der Waals surface area (Å²) in [6.45, 7) is 9.06. The van der Waals surface area contributed by atoms with E-state index < -0.39 is 0 Å². The Bertz CT molecular complexity index is 689. The van der Waals surface area contributed by atoms with Crippen molar-refractivity contribution < 1.29 is 4.79 Å². The van der Waals surface area contributed by atoms with Crippen LogP contribution < -0.4 is 0 Å². The Hall–Kier alpha value is -1.49. The van der Waals surface area contributed by atoms with Crippen molar-refractivity contribution in [3.05, 3.63) is 24.3 Å². The molecule has 23 heavy (non-hydrogen) atoms. The van der Waals surface area contributed by atoms with Gasteiger partial charge in [-0.3, -0.25) is 4.79 Å². The third-order valence-electron chi connectivity index (χ3n) is 4.66. The molecule has 2 aromatic rings.